The van der Waals surface area contributed by atoms with Crippen molar-refractivity contribution in [2.24, 2.45) is 5.92 Å². The van der Waals surface area contributed by atoms with Gasteiger partial charge >= 0.3 is 12.3 Å². The number of rotatable bonds is 5. The number of piperidine rings is 1. The minimum atomic E-state index is -4.64. The van der Waals surface area contributed by atoms with Crippen molar-refractivity contribution < 1.29 is 31.9 Å². The average Bonchev–Trinajstić information content (AvgIpc) is 3.38. The van der Waals surface area contributed by atoms with E-state index in [4.69, 9.17) is 4.74 Å². The number of alkyl halides is 3. The number of benzene rings is 3. The number of hydrogen-bond acceptors (Lipinski definition) is 3. The molecule has 8 heteroatoms. The van der Waals surface area contributed by atoms with Crippen molar-refractivity contribution in [2.45, 2.75) is 56.3 Å². The molecule has 202 valence electrons. The van der Waals surface area contributed by atoms with Crippen LogP contribution in [0.5, 0.6) is 0 Å². The molecule has 3 aliphatic rings. The van der Waals surface area contributed by atoms with Crippen LogP contribution in [0, 0.1) is 11.7 Å². The minimum absolute atomic E-state index is 0.0423. The summed E-state index contributed by atoms with van der Waals surface area (Å²) < 4.78 is 58.7. The van der Waals surface area contributed by atoms with Crippen molar-refractivity contribution >= 4 is 11.9 Å². The number of halogens is 4. The zero-order valence-corrected chi connectivity index (χ0v) is 21.1. The van der Waals surface area contributed by atoms with Crippen LogP contribution in [0.1, 0.15) is 53.9 Å². The number of fused-ring (bicyclic) bond motifs is 5. The van der Waals surface area contributed by atoms with Gasteiger partial charge in [0.1, 0.15) is 18.2 Å². The van der Waals surface area contributed by atoms with Gasteiger partial charge in [0.15, 0.2) is 0 Å². The molecule has 0 N–H and O–H groups in total. The normalized spacial score (nSPS) is 21.9. The largest absolute Gasteiger partial charge is 0.448 e. The summed E-state index contributed by atoms with van der Waals surface area (Å²) in [6.45, 7) is 0.221. The average molecular weight is 538 g/mol. The van der Waals surface area contributed by atoms with E-state index < -0.39 is 17.6 Å². The molecule has 2 bridgehead atoms. The second-order valence-corrected chi connectivity index (χ2v) is 10.7. The molecule has 39 heavy (non-hydrogen) atoms. The van der Waals surface area contributed by atoms with Gasteiger partial charge in [-0.1, -0.05) is 54.6 Å². The van der Waals surface area contributed by atoms with E-state index in [1.54, 1.807) is 4.90 Å². The zero-order chi connectivity index (χ0) is 27.3. The third-order valence-corrected chi connectivity index (χ3v) is 8.48. The molecule has 2 heterocycles. The maximum atomic E-state index is 14.3. The number of Topliss-reactive ketones (excluding diaryl/α,β-unsaturated/α-hetero) is 1. The van der Waals surface area contributed by atoms with Gasteiger partial charge < -0.3 is 9.64 Å². The van der Waals surface area contributed by atoms with Gasteiger partial charge in [0, 0.05) is 30.3 Å². The third kappa shape index (κ3) is 4.70. The number of ketones is 1. The van der Waals surface area contributed by atoms with Gasteiger partial charge in [-0.3, -0.25) is 4.79 Å². The van der Waals surface area contributed by atoms with Gasteiger partial charge in [-0.25, -0.2) is 9.18 Å². The Balaban J connectivity index is 1.09. The molecular formula is C31H27F4NO3. The first-order valence-electron chi connectivity index (χ1n) is 13.2. The second kappa shape index (κ2) is 9.81. The van der Waals surface area contributed by atoms with Crippen LogP contribution < -0.4 is 0 Å². The van der Waals surface area contributed by atoms with Crippen LogP contribution in [-0.2, 0) is 22.1 Å². The molecule has 2 atom stereocenters. The van der Waals surface area contributed by atoms with E-state index in [0.717, 1.165) is 47.2 Å². The first-order chi connectivity index (χ1) is 18.7. The standard InChI is InChI=1S/C31H27F4NO3/c32-28-16-20(31(33,34)35)10-9-18(28)15-29(37)19-13-21-11-12-22(14-19)36(21)30(38)39-17-27-25-7-3-1-5-23(25)24-6-2-4-8-26(24)27/h1-10,16,19,21-22,27H,11-15,17H2. The van der Waals surface area contributed by atoms with Crippen molar-refractivity contribution in [1.82, 2.24) is 4.90 Å². The number of hydrogen-bond donors (Lipinski definition) is 0. The highest BCUT2D eigenvalue weighted by atomic mass is 19.4. The number of carbonyl (C=O) groups excluding carboxylic acids is 2. The third-order valence-electron chi connectivity index (χ3n) is 8.48. The predicted octanol–water partition coefficient (Wildman–Crippen LogP) is 7.15. The quantitative estimate of drug-likeness (QED) is 0.325. The second-order valence-electron chi connectivity index (χ2n) is 10.7. The highest BCUT2D eigenvalue weighted by molar-refractivity contribution is 5.84. The Morgan fingerprint density at radius 1 is 0.872 bits per heavy atom. The fourth-order valence-corrected chi connectivity index (χ4v) is 6.61. The van der Waals surface area contributed by atoms with E-state index in [1.807, 2.05) is 24.3 Å². The molecule has 0 radical (unpaired) electrons. The summed E-state index contributed by atoms with van der Waals surface area (Å²) >= 11 is 0. The maximum Gasteiger partial charge on any atom is 0.416 e. The summed E-state index contributed by atoms with van der Waals surface area (Å²) in [5, 5.41) is 0. The number of ether oxygens (including phenoxy) is 1. The minimum Gasteiger partial charge on any atom is -0.448 e. The Morgan fingerprint density at radius 2 is 1.46 bits per heavy atom. The van der Waals surface area contributed by atoms with Gasteiger partial charge in [0.25, 0.3) is 0 Å². The zero-order valence-electron chi connectivity index (χ0n) is 21.1. The molecule has 2 unspecified atom stereocenters. The van der Waals surface area contributed by atoms with Crippen molar-refractivity contribution in [3.63, 3.8) is 0 Å². The molecule has 0 spiro atoms. The Morgan fingerprint density at radius 3 is 2.03 bits per heavy atom. The number of amides is 1. The molecule has 0 saturated carbocycles. The lowest BCUT2D eigenvalue weighted by atomic mass is 9.85. The Labute approximate surface area is 223 Å². The van der Waals surface area contributed by atoms with E-state index in [0.29, 0.717) is 18.9 Å². The molecule has 3 aromatic rings. The van der Waals surface area contributed by atoms with Crippen LogP contribution in [0.2, 0.25) is 0 Å². The molecule has 2 saturated heterocycles. The summed E-state index contributed by atoms with van der Waals surface area (Å²) in [6, 6.07) is 18.2. The van der Waals surface area contributed by atoms with Gasteiger partial charge in [-0.15, -0.1) is 0 Å². The molecule has 1 amide bonds. The first kappa shape index (κ1) is 25.6. The Bertz CT molecular complexity index is 1380. The summed E-state index contributed by atoms with van der Waals surface area (Å²) in [4.78, 5) is 28.0. The molecular weight excluding hydrogens is 510 g/mol. The van der Waals surface area contributed by atoms with E-state index in [1.165, 1.54) is 0 Å². The van der Waals surface area contributed by atoms with Crippen LogP contribution >= 0.6 is 0 Å². The monoisotopic (exact) mass is 537 g/mol. The van der Waals surface area contributed by atoms with E-state index >= 15 is 0 Å². The van der Waals surface area contributed by atoms with E-state index in [2.05, 4.69) is 24.3 Å². The molecule has 2 aliphatic heterocycles. The molecule has 1 aliphatic carbocycles. The lowest BCUT2D eigenvalue weighted by Crippen LogP contribution is -2.48. The Hall–Kier alpha value is -3.68. The fraction of sp³-hybridized carbons (Fsp3) is 0.355. The van der Waals surface area contributed by atoms with Crippen LogP contribution in [0.4, 0.5) is 22.4 Å². The van der Waals surface area contributed by atoms with Gasteiger partial charge in [-0.2, -0.15) is 13.2 Å². The van der Waals surface area contributed by atoms with Gasteiger partial charge in [0.2, 0.25) is 0 Å². The summed E-state index contributed by atoms with van der Waals surface area (Å²) in [6.07, 6.45) is -2.89. The topological polar surface area (TPSA) is 46.6 Å². The van der Waals surface area contributed by atoms with Crippen molar-refractivity contribution in [3.8, 4) is 11.1 Å². The lowest BCUT2D eigenvalue weighted by molar-refractivity contribution is -0.137. The lowest BCUT2D eigenvalue weighted by Gasteiger charge is -2.37. The van der Waals surface area contributed by atoms with Gasteiger partial charge in [0.05, 0.1) is 5.56 Å². The predicted molar refractivity (Wildman–Crippen MR) is 137 cm³/mol. The molecule has 4 nitrogen and oxygen atoms in total. The highest BCUT2D eigenvalue weighted by Gasteiger charge is 2.46. The SMILES string of the molecule is O=C(Cc1ccc(C(F)(F)F)cc1F)C1CC2CCC(C1)N2C(=O)OCC1c2ccccc2-c2ccccc21. The maximum absolute atomic E-state index is 14.3. The van der Waals surface area contributed by atoms with E-state index in [-0.39, 0.29) is 54.4 Å². The molecule has 6 rings (SSSR count). The Kier molecular flexibility index (Phi) is 6.44. The molecule has 2 fully saturated rings. The summed E-state index contributed by atoms with van der Waals surface area (Å²) in [5.74, 6) is -1.66. The van der Waals surface area contributed by atoms with Crippen molar-refractivity contribution in [3.05, 3.63) is 94.8 Å². The number of carbonyl (C=O) groups is 2. The summed E-state index contributed by atoms with van der Waals surface area (Å²) in [7, 11) is 0. The van der Waals surface area contributed by atoms with Crippen LogP contribution in [0.25, 0.3) is 11.1 Å². The van der Waals surface area contributed by atoms with Crippen LogP contribution in [0.15, 0.2) is 66.7 Å². The van der Waals surface area contributed by atoms with Crippen molar-refractivity contribution in [1.29, 1.82) is 0 Å². The van der Waals surface area contributed by atoms with Crippen LogP contribution in [0.3, 0.4) is 0 Å². The summed E-state index contributed by atoms with van der Waals surface area (Å²) in [5.41, 5.74) is 3.45. The van der Waals surface area contributed by atoms with Crippen molar-refractivity contribution in [2.75, 3.05) is 6.61 Å². The van der Waals surface area contributed by atoms with E-state index in [9.17, 15) is 27.2 Å². The smallest absolute Gasteiger partial charge is 0.416 e. The van der Waals surface area contributed by atoms with Crippen LogP contribution in [-0.4, -0.2) is 35.5 Å². The number of nitrogens with zero attached hydrogens (tertiary/aromatic N) is 1. The van der Waals surface area contributed by atoms with Gasteiger partial charge in [-0.05, 0) is 65.6 Å². The molecule has 3 aromatic carbocycles. The molecule has 0 aromatic heterocycles. The fourth-order valence-electron chi connectivity index (χ4n) is 6.61. The first-order valence-corrected chi connectivity index (χ1v) is 13.2. The highest BCUT2D eigenvalue weighted by Crippen LogP contribution is 2.45.